The maximum atomic E-state index is 5.02. The second-order valence-corrected chi connectivity index (χ2v) is 10.9. The minimum Gasteiger partial charge on any atom is -0.366 e. The fraction of sp³-hybridized carbons (Fsp3) is 0.542. The van der Waals surface area contributed by atoms with Crippen LogP contribution in [0.5, 0.6) is 0 Å². The van der Waals surface area contributed by atoms with Gasteiger partial charge in [0.2, 0.25) is 0 Å². The predicted octanol–water partition coefficient (Wildman–Crippen LogP) is 4.48. The fourth-order valence-electron chi connectivity index (χ4n) is 6.66. The van der Waals surface area contributed by atoms with E-state index in [9.17, 15) is 0 Å². The second-order valence-electron chi connectivity index (χ2n) is 10.1. The van der Waals surface area contributed by atoms with Gasteiger partial charge in [-0.1, -0.05) is 6.07 Å². The number of piperidine rings is 1. The number of nitrogens with zero attached hydrogens (tertiary/aromatic N) is 5. The zero-order chi connectivity index (χ0) is 20.6. The molecule has 3 saturated carbocycles. The zero-order valence-corrected chi connectivity index (χ0v) is 19.1. The lowest BCUT2D eigenvalue weighted by molar-refractivity contribution is 0.132. The van der Waals surface area contributed by atoms with Crippen molar-refractivity contribution < 1.29 is 0 Å². The summed E-state index contributed by atoms with van der Waals surface area (Å²) in [6.45, 7) is 3.16. The summed E-state index contributed by atoms with van der Waals surface area (Å²) in [6.07, 6.45) is 12.5. The first-order chi connectivity index (χ1) is 15.2. The molecule has 3 aromatic rings. The highest BCUT2D eigenvalue weighted by atomic mass is 79.9. The number of likely N-dealkylation sites (tertiary alicyclic amines) is 1. The number of halogens is 1. The molecule has 4 atom stereocenters. The molecule has 3 aromatic heterocycles. The number of rotatable bonds is 5. The van der Waals surface area contributed by atoms with Gasteiger partial charge in [0.15, 0.2) is 5.65 Å². The van der Waals surface area contributed by atoms with Gasteiger partial charge in [-0.25, -0.2) is 4.98 Å². The molecule has 1 spiro atoms. The summed E-state index contributed by atoms with van der Waals surface area (Å²) < 4.78 is 2.84. The Balaban J connectivity index is 1.10. The van der Waals surface area contributed by atoms with Gasteiger partial charge in [-0.05, 0) is 90.0 Å². The molecule has 7 heteroatoms. The molecule has 1 saturated heterocycles. The van der Waals surface area contributed by atoms with E-state index >= 15 is 0 Å². The summed E-state index contributed by atoms with van der Waals surface area (Å²) >= 11 is 3.64. The highest BCUT2D eigenvalue weighted by Crippen LogP contribution is 2.82. The molecule has 1 N–H and O–H groups in total. The molecule has 31 heavy (non-hydrogen) atoms. The Labute approximate surface area is 190 Å². The molecular weight excluding hydrogens is 452 g/mol. The van der Waals surface area contributed by atoms with Crippen molar-refractivity contribution in [3.63, 3.8) is 0 Å². The van der Waals surface area contributed by atoms with Gasteiger partial charge in [0.25, 0.3) is 0 Å². The van der Waals surface area contributed by atoms with Gasteiger partial charge in [0.05, 0.1) is 10.7 Å². The van der Waals surface area contributed by atoms with E-state index in [0.29, 0.717) is 12.5 Å². The molecule has 0 bridgehead atoms. The lowest BCUT2D eigenvalue weighted by atomic mass is 9.91. The Hall–Kier alpha value is -1.99. The molecular formula is C24H27BrN6. The van der Waals surface area contributed by atoms with E-state index in [1.807, 2.05) is 23.0 Å². The number of fused-ring (bicyclic) bond motifs is 1. The van der Waals surface area contributed by atoms with Gasteiger partial charge in [-0.2, -0.15) is 9.61 Å². The van der Waals surface area contributed by atoms with Crippen molar-refractivity contribution in [3.05, 3.63) is 52.5 Å². The fourth-order valence-corrected chi connectivity index (χ4v) is 7.01. The van der Waals surface area contributed by atoms with Crippen LogP contribution >= 0.6 is 15.9 Å². The molecule has 0 radical (unpaired) electrons. The normalized spacial score (nSPS) is 32.1. The number of nitrogens with one attached hydrogen (secondary N) is 1. The molecule has 3 aliphatic carbocycles. The maximum absolute atomic E-state index is 5.02. The molecule has 6 nitrogen and oxygen atoms in total. The zero-order valence-electron chi connectivity index (χ0n) is 17.5. The molecule has 4 fully saturated rings. The van der Waals surface area contributed by atoms with Gasteiger partial charge in [-0.15, -0.1) is 0 Å². The smallest absolute Gasteiger partial charge is 0.171 e. The molecule has 7 rings (SSSR count). The van der Waals surface area contributed by atoms with Crippen LogP contribution in [0.25, 0.3) is 5.65 Å². The van der Waals surface area contributed by atoms with Crippen LogP contribution in [-0.4, -0.2) is 43.6 Å². The average molecular weight is 479 g/mol. The van der Waals surface area contributed by atoms with E-state index in [0.717, 1.165) is 44.8 Å². The highest BCUT2D eigenvalue weighted by molar-refractivity contribution is 9.10. The third-order valence-corrected chi connectivity index (χ3v) is 9.07. The minimum atomic E-state index is 0.520. The second kappa shape index (κ2) is 6.75. The van der Waals surface area contributed by atoms with Crippen molar-refractivity contribution in [2.24, 2.45) is 17.3 Å². The Bertz CT molecular complexity index is 1140. The monoisotopic (exact) mass is 478 g/mol. The number of pyridine rings is 1. The molecule has 0 aromatic carbocycles. The van der Waals surface area contributed by atoms with Crippen molar-refractivity contribution in [2.75, 3.05) is 18.4 Å². The SMILES string of the molecule is Brc1cnn2c(NCc3cccnc3)cc(C3CCN(C4C[C@@H]5CC56C[C@H]46)CC3)nc12. The largest absolute Gasteiger partial charge is 0.366 e. The summed E-state index contributed by atoms with van der Waals surface area (Å²) in [4.78, 5) is 12.1. The quantitative estimate of drug-likeness (QED) is 0.585. The van der Waals surface area contributed by atoms with Crippen LogP contribution in [0, 0.1) is 17.3 Å². The summed E-state index contributed by atoms with van der Waals surface area (Å²) in [5.41, 5.74) is 4.08. The summed E-state index contributed by atoms with van der Waals surface area (Å²) in [6, 6.07) is 7.16. The minimum absolute atomic E-state index is 0.520. The number of aromatic nitrogens is 4. The van der Waals surface area contributed by atoms with E-state index in [2.05, 4.69) is 48.4 Å². The van der Waals surface area contributed by atoms with Gasteiger partial charge in [0, 0.05) is 42.7 Å². The lowest BCUT2D eigenvalue weighted by Gasteiger charge is -2.37. The van der Waals surface area contributed by atoms with Crippen LogP contribution in [0.1, 0.15) is 49.3 Å². The van der Waals surface area contributed by atoms with Gasteiger partial charge in [0.1, 0.15) is 5.82 Å². The Kier molecular flexibility index (Phi) is 4.04. The number of hydrogen-bond donors (Lipinski definition) is 1. The maximum Gasteiger partial charge on any atom is 0.171 e. The predicted molar refractivity (Wildman–Crippen MR) is 123 cm³/mol. The molecule has 0 amide bonds. The highest BCUT2D eigenvalue weighted by Gasteiger charge is 2.77. The summed E-state index contributed by atoms with van der Waals surface area (Å²) in [7, 11) is 0. The van der Waals surface area contributed by atoms with Crippen molar-refractivity contribution >= 4 is 27.4 Å². The summed E-state index contributed by atoms with van der Waals surface area (Å²) in [5.74, 6) is 3.63. The standard InChI is InChI=1S/C24H27BrN6/c25-19-14-28-31-22(27-13-15-2-1-5-26-12-15)9-20(29-23(19)31)16-3-6-30(7-4-16)21-8-17-10-24(17)11-18(21)24/h1-2,5,9,12,14,16-18,21,27H,3-4,6-8,10-11,13H2/t17-,18-,21?,24?/m1/s1. The molecule has 4 aliphatic rings. The Morgan fingerprint density at radius 1 is 1.19 bits per heavy atom. The van der Waals surface area contributed by atoms with Crippen molar-refractivity contribution in [1.82, 2.24) is 24.5 Å². The number of anilines is 1. The van der Waals surface area contributed by atoms with Crippen molar-refractivity contribution in [1.29, 1.82) is 0 Å². The molecule has 2 unspecified atom stereocenters. The van der Waals surface area contributed by atoms with E-state index in [4.69, 9.17) is 4.98 Å². The third kappa shape index (κ3) is 2.96. The van der Waals surface area contributed by atoms with E-state index < -0.39 is 0 Å². The van der Waals surface area contributed by atoms with E-state index in [1.165, 1.54) is 44.5 Å². The van der Waals surface area contributed by atoms with Crippen LogP contribution in [-0.2, 0) is 6.54 Å². The van der Waals surface area contributed by atoms with Crippen molar-refractivity contribution in [2.45, 2.75) is 50.6 Å². The third-order valence-electron chi connectivity index (χ3n) is 8.51. The molecule has 4 heterocycles. The first kappa shape index (κ1) is 18.6. The van der Waals surface area contributed by atoms with Crippen LogP contribution in [0.3, 0.4) is 0 Å². The van der Waals surface area contributed by atoms with Crippen LogP contribution in [0.4, 0.5) is 5.82 Å². The van der Waals surface area contributed by atoms with Gasteiger partial charge in [-0.3, -0.25) is 4.98 Å². The van der Waals surface area contributed by atoms with Crippen LogP contribution in [0.15, 0.2) is 41.3 Å². The first-order valence-corrected chi connectivity index (χ1v) is 12.4. The van der Waals surface area contributed by atoms with E-state index in [1.54, 1.807) is 12.6 Å². The molecule has 1 aliphatic heterocycles. The lowest BCUT2D eigenvalue weighted by Crippen LogP contribution is -2.41. The topological polar surface area (TPSA) is 58.4 Å². The van der Waals surface area contributed by atoms with Crippen LogP contribution < -0.4 is 5.32 Å². The first-order valence-electron chi connectivity index (χ1n) is 11.6. The van der Waals surface area contributed by atoms with E-state index in [-0.39, 0.29) is 0 Å². The number of hydrogen-bond acceptors (Lipinski definition) is 5. The van der Waals surface area contributed by atoms with Gasteiger partial charge >= 0.3 is 0 Å². The van der Waals surface area contributed by atoms with Gasteiger partial charge < -0.3 is 10.2 Å². The Morgan fingerprint density at radius 3 is 2.84 bits per heavy atom. The van der Waals surface area contributed by atoms with Crippen molar-refractivity contribution in [3.8, 4) is 0 Å². The Morgan fingerprint density at radius 2 is 2.10 bits per heavy atom. The van der Waals surface area contributed by atoms with Crippen LogP contribution in [0.2, 0.25) is 0 Å². The average Bonchev–Trinajstić information content (AvgIpc) is 3.66. The molecule has 160 valence electrons. The summed E-state index contributed by atoms with van der Waals surface area (Å²) in [5, 5.41) is 8.09.